The van der Waals surface area contributed by atoms with Gasteiger partial charge >= 0.3 is 5.97 Å². The molecule has 0 radical (unpaired) electrons. The fourth-order valence-electron chi connectivity index (χ4n) is 2.58. The molecule has 0 fully saturated rings. The van der Waals surface area contributed by atoms with Crippen molar-refractivity contribution < 1.29 is 14.3 Å². The number of aromatic nitrogens is 1. The van der Waals surface area contributed by atoms with Crippen molar-refractivity contribution in [3.63, 3.8) is 0 Å². The second-order valence-corrected chi connectivity index (χ2v) is 5.12. The number of aryl methyl sites for hydroxylation is 1. The molecule has 2 heterocycles. The maximum atomic E-state index is 12.7. The molecule has 3 rings (SSSR count). The molecule has 1 aliphatic rings. The minimum absolute atomic E-state index is 0.0721. The largest absolute Gasteiger partial charge is 0.478 e. The van der Waals surface area contributed by atoms with Crippen LogP contribution in [0.25, 0.3) is 10.9 Å². The summed E-state index contributed by atoms with van der Waals surface area (Å²) in [5.74, 6) is -0.394. The van der Waals surface area contributed by atoms with E-state index in [-0.39, 0.29) is 18.1 Å². The molecule has 5 nitrogen and oxygen atoms in total. The first-order valence-electron chi connectivity index (χ1n) is 6.80. The predicted octanol–water partition coefficient (Wildman–Crippen LogP) is 2.61. The number of pyridine rings is 1. The van der Waals surface area contributed by atoms with Gasteiger partial charge in [-0.05, 0) is 25.5 Å². The van der Waals surface area contributed by atoms with Crippen molar-refractivity contribution in [3.05, 3.63) is 39.0 Å². The summed E-state index contributed by atoms with van der Waals surface area (Å²) in [5, 5.41) is 0.653. The number of halogens is 1. The van der Waals surface area contributed by atoms with E-state index in [9.17, 15) is 9.59 Å². The summed E-state index contributed by atoms with van der Waals surface area (Å²) in [5.41, 5.74) is 0.162. The third kappa shape index (κ3) is 2.17. The van der Waals surface area contributed by atoms with Gasteiger partial charge in [-0.15, -0.1) is 0 Å². The van der Waals surface area contributed by atoms with Crippen molar-refractivity contribution in [1.82, 2.24) is 4.57 Å². The zero-order chi connectivity index (χ0) is 15.0. The number of fused-ring (bicyclic) bond motifs is 3. The molecule has 0 N–H and O–H groups in total. The Bertz CT molecular complexity index is 781. The SMILES string of the molecule is CCOC(=O)c1c2n(c3cccc(Cl)c3c1=O)CCCO2. The smallest absolute Gasteiger partial charge is 0.347 e. The van der Waals surface area contributed by atoms with Crippen molar-refractivity contribution in [3.8, 4) is 5.88 Å². The molecule has 1 aromatic heterocycles. The molecule has 0 spiro atoms. The molecule has 1 aliphatic heterocycles. The van der Waals surface area contributed by atoms with Crippen LogP contribution in [-0.4, -0.2) is 23.8 Å². The first-order valence-corrected chi connectivity index (χ1v) is 7.18. The Kier molecular flexibility index (Phi) is 3.59. The van der Waals surface area contributed by atoms with Crippen LogP contribution in [0.4, 0.5) is 0 Å². The summed E-state index contributed by atoms with van der Waals surface area (Å²) in [6.45, 7) is 3.02. The second-order valence-electron chi connectivity index (χ2n) is 4.72. The fraction of sp³-hybridized carbons (Fsp3) is 0.333. The molecular formula is C15H14ClNO4. The highest BCUT2D eigenvalue weighted by Gasteiger charge is 2.27. The van der Waals surface area contributed by atoms with Gasteiger partial charge in [0.25, 0.3) is 0 Å². The summed E-state index contributed by atoms with van der Waals surface area (Å²) in [4.78, 5) is 24.8. The number of benzene rings is 1. The van der Waals surface area contributed by atoms with Gasteiger partial charge in [0.05, 0.1) is 29.1 Å². The molecule has 0 amide bonds. The van der Waals surface area contributed by atoms with Gasteiger partial charge in [-0.3, -0.25) is 4.79 Å². The molecule has 0 saturated heterocycles. The first-order chi connectivity index (χ1) is 10.1. The number of hydrogen-bond acceptors (Lipinski definition) is 4. The van der Waals surface area contributed by atoms with Crippen LogP contribution in [0.15, 0.2) is 23.0 Å². The molecule has 0 bridgehead atoms. The number of carbonyl (C=O) groups is 1. The average molecular weight is 308 g/mol. The lowest BCUT2D eigenvalue weighted by Crippen LogP contribution is -2.27. The Morgan fingerprint density at radius 3 is 3.05 bits per heavy atom. The molecule has 0 saturated carbocycles. The summed E-state index contributed by atoms with van der Waals surface area (Å²) >= 11 is 6.15. The topological polar surface area (TPSA) is 57.5 Å². The van der Waals surface area contributed by atoms with Crippen molar-refractivity contribution in [2.75, 3.05) is 13.2 Å². The van der Waals surface area contributed by atoms with E-state index in [4.69, 9.17) is 21.1 Å². The highest BCUT2D eigenvalue weighted by molar-refractivity contribution is 6.35. The molecule has 2 aromatic rings. The van der Waals surface area contributed by atoms with Gasteiger partial charge < -0.3 is 14.0 Å². The number of ether oxygens (including phenoxy) is 2. The summed E-state index contributed by atoms with van der Waals surface area (Å²) in [6, 6.07) is 5.21. The molecule has 0 atom stereocenters. The lowest BCUT2D eigenvalue weighted by atomic mass is 10.1. The Hall–Kier alpha value is -2.01. The van der Waals surface area contributed by atoms with E-state index >= 15 is 0 Å². The molecule has 0 aliphatic carbocycles. The third-order valence-electron chi connectivity index (χ3n) is 3.44. The number of carbonyl (C=O) groups excluding carboxylic acids is 1. The van der Waals surface area contributed by atoms with Crippen molar-refractivity contribution in [1.29, 1.82) is 0 Å². The molecule has 21 heavy (non-hydrogen) atoms. The lowest BCUT2D eigenvalue weighted by molar-refractivity contribution is 0.0516. The van der Waals surface area contributed by atoms with Crippen molar-refractivity contribution in [2.24, 2.45) is 0 Å². The van der Waals surface area contributed by atoms with Crippen LogP contribution in [0.2, 0.25) is 5.02 Å². The highest BCUT2D eigenvalue weighted by atomic mass is 35.5. The monoisotopic (exact) mass is 307 g/mol. The van der Waals surface area contributed by atoms with Crippen molar-refractivity contribution >= 4 is 28.5 Å². The average Bonchev–Trinajstić information content (AvgIpc) is 2.47. The maximum Gasteiger partial charge on any atom is 0.347 e. The van der Waals surface area contributed by atoms with Gasteiger partial charge in [-0.2, -0.15) is 0 Å². The van der Waals surface area contributed by atoms with Crippen molar-refractivity contribution in [2.45, 2.75) is 19.9 Å². The highest BCUT2D eigenvalue weighted by Crippen LogP contribution is 2.29. The van der Waals surface area contributed by atoms with Crippen LogP contribution in [-0.2, 0) is 11.3 Å². The Labute approximate surface area is 126 Å². The number of hydrogen-bond donors (Lipinski definition) is 0. The molecule has 1 aromatic carbocycles. The molecular weight excluding hydrogens is 294 g/mol. The number of nitrogens with zero attached hydrogens (tertiary/aromatic N) is 1. The van der Waals surface area contributed by atoms with Crippen LogP contribution in [0.1, 0.15) is 23.7 Å². The first kappa shape index (κ1) is 13.9. The number of rotatable bonds is 2. The fourth-order valence-corrected chi connectivity index (χ4v) is 2.83. The van der Waals surface area contributed by atoms with E-state index in [0.29, 0.717) is 29.1 Å². The van der Waals surface area contributed by atoms with Crippen LogP contribution in [0, 0.1) is 0 Å². The predicted molar refractivity (Wildman–Crippen MR) is 79.3 cm³/mol. The van der Waals surface area contributed by atoms with Crippen LogP contribution < -0.4 is 10.2 Å². The van der Waals surface area contributed by atoms with Gasteiger partial charge in [0.15, 0.2) is 5.56 Å². The number of esters is 1. The molecule has 6 heteroatoms. The second kappa shape index (κ2) is 5.41. The van der Waals surface area contributed by atoms with Gasteiger partial charge in [-0.25, -0.2) is 4.79 Å². The van der Waals surface area contributed by atoms with E-state index in [1.165, 1.54) is 0 Å². The normalized spacial score (nSPS) is 13.6. The maximum absolute atomic E-state index is 12.7. The van der Waals surface area contributed by atoms with E-state index in [0.717, 1.165) is 6.42 Å². The third-order valence-corrected chi connectivity index (χ3v) is 3.75. The lowest BCUT2D eigenvalue weighted by Gasteiger charge is -2.24. The van der Waals surface area contributed by atoms with E-state index < -0.39 is 11.4 Å². The summed E-state index contributed by atoms with van der Waals surface area (Å²) < 4.78 is 12.4. The minimum Gasteiger partial charge on any atom is -0.478 e. The zero-order valence-electron chi connectivity index (χ0n) is 11.5. The van der Waals surface area contributed by atoms with Gasteiger partial charge in [-0.1, -0.05) is 17.7 Å². The van der Waals surface area contributed by atoms with Crippen LogP contribution in [0.5, 0.6) is 5.88 Å². The summed E-state index contributed by atoms with van der Waals surface area (Å²) in [7, 11) is 0. The standard InChI is InChI=1S/C15H14ClNO4/c1-2-20-15(19)12-13(18)11-9(16)5-3-6-10(11)17-7-4-8-21-14(12)17/h3,5-6H,2,4,7-8H2,1H3. The van der Waals surface area contributed by atoms with Gasteiger partial charge in [0, 0.05) is 6.54 Å². The van der Waals surface area contributed by atoms with Gasteiger partial charge in [0.1, 0.15) is 0 Å². The Balaban J connectivity index is 2.41. The Morgan fingerprint density at radius 2 is 2.29 bits per heavy atom. The van der Waals surface area contributed by atoms with E-state index in [1.54, 1.807) is 25.1 Å². The van der Waals surface area contributed by atoms with E-state index in [2.05, 4.69) is 0 Å². The zero-order valence-corrected chi connectivity index (χ0v) is 12.3. The minimum atomic E-state index is -0.671. The van der Waals surface area contributed by atoms with Crippen LogP contribution >= 0.6 is 11.6 Å². The summed E-state index contributed by atoms with van der Waals surface area (Å²) in [6.07, 6.45) is 0.805. The molecule has 110 valence electrons. The van der Waals surface area contributed by atoms with Gasteiger partial charge in [0.2, 0.25) is 11.3 Å². The Morgan fingerprint density at radius 1 is 1.48 bits per heavy atom. The van der Waals surface area contributed by atoms with E-state index in [1.807, 2.05) is 4.57 Å². The molecule has 0 unspecified atom stereocenters. The quantitative estimate of drug-likeness (QED) is 0.800. The van der Waals surface area contributed by atoms with Crippen LogP contribution in [0.3, 0.4) is 0 Å².